The molecule has 0 saturated carbocycles. The molecular weight excluding hydrogens is 476 g/mol. The van der Waals surface area contributed by atoms with Gasteiger partial charge in [-0.2, -0.15) is 4.31 Å². The number of hydrogen-bond acceptors (Lipinski definition) is 5. The van der Waals surface area contributed by atoms with E-state index < -0.39 is 33.6 Å². The molecule has 1 aromatic carbocycles. The van der Waals surface area contributed by atoms with Crippen LogP contribution in [-0.2, 0) is 14.8 Å². The first-order valence-electron chi connectivity index (χ1n) is 8.44. The molecule has 1 aliphatic heterocycles. The van der Waals surface area contributed by atoms with E-state index in [1.54, 1.807) is 19.1 Å². The Morgan fingerprint density at radius 3 is 2.46 bits per heavy atom. The molecule has 2 heterocycles. The predicted octanol–water partition coefficient (Wildman–Crippen LogP) is 3.12. The van der Waals surface area contributed by atoms with Crippen LogP contribution in [0.5, 0.6) is 0 Å². The maximum absolute atomic E-state index is 13.7. The van der Waals surface area contributed by atoms with Crippen molar-refractivity contribution in [1.29, 1.82) is 0 Å². The van der Waals surface area contributed by atoms with E-state index in [4.69, 9.17) is 0 Å². The van der Waals surface area contributed by atoms with Gasteiger partial charge in [-0.25, -0.2) is 17.2 Å². The molecule has 28 heavy (non-hydrogen) atoms. The first-order valence-corrected chi connectivity index (χ1v) is 11.5. The maximum Gasteiger partial charge on any atom is 0.252 e. The van der Waals surface area contributed by atoms with Gasteiger partial charge in [-0.1, -0.05) is 0 Å². The minimum atomic E-state index is -3.57. The number of halogens is 3. The van der Waals surface area contributed by atoms with Crippen molar-refractivity contribution in [2.75, 3.05) is 31.5 Å². The van der Waals surface area contributed by atoms with Gasteiger partial charge in [0.25, 0.3) is 10.0 Å². The van der Waals surface area contributed by atoms with Crippen LogP contribution in [0.15, 0.2) is 38.3 Å². The summed E-state index contributed by atoms with van der Waals surface area (Å²) in [5.74, 6) is -1.86. The van der Waals surface area contributed by atoms with E-state index in [0.29, 0.717) is 13.1 Å². The molecule has 0 radical (unpaired) electrons. The van der Waals surface area contributed by atoms with Crippen LogP contribution >= 0.6 is 27.3 Å². The number of carbonyl (C=O) groups is 1. The summed E-state index contributed by atoms with van der Waals surface area (Å²) >= 11 is 4.41. The van der Waals surface area contributed by atoms with Crippen LogP contribution in [0.25, 0.3) is 0 Å². The molecule has 0 aliphatic carbocycles. The second kappa shape index (κ2) is 8.54. The third-order valence-electron chi connectivity index (χ3n) is 4.53. The van der Waals surface area contributed by atoms with E-state index in [1.807, 2.05) is 4.90 Å². The lowest BCUT2D eigenvalue weighted by atomic mass is 10.2. The summed E-state index contributed by atoms with van der Waals surface area (Å²) in [6.07, 6.45) is 0. The summed E-state index contributed by atoms with van der Waals surface area (Å²) < 4.78 is 54.7. The molecule has 1 N–H and O–H groups in total. The summed E-state index contributed by atoms with van der Waals surface area (Å²) in [4.78, 5) is 14.2. The maximum atomic E-state index is 13.7. The molecule has 1 amide bonds. The van der Waals surface area contributed by atoms with E-state index in [-0.39, 0.29) is 23.0 Å². The number of piperazine rings is 1. The highest BCUT2D eigenvalue weighted by molar-refractivity contribution is 9.11. The Morgan fingerprint density at radius 2 is 1.86 bits per heavy atom. The van der Waals surface area contributed by atoms with E-state index in [1.165, 1.54) is 4.31 Å². The number of amides is 1. The van der Waals surface area contributed by atoms with Gasteiger partial charge in [-0.3, -0.25) is 9.69 Å². The van der Waals surface area contributed by atoms with Crippen LogP contribution in [0.2, 0.25) is 0 Å². The van der Waals surface area contributed by atoms with E-state index in [2.05, 4.69) is 21.2 Å². The molecule has 0 bridgehead atoms. The molecule has 3 rings (SSSR count). The second-order valence-corrected chi connectivity index (χ2v) is 10.9. The highest BCUT2D eigenvalue weighted by Crippen LogP contribution is 2.29. The molecule has 2 aromatic rings. The molecule has 11 heteroatoms. The number of benzene rings is 1. The molecule has 1 unspecified atom stereocenters. The summed E-state index contributed by atoms with van der Waals surface area (Å²) in [6, 6.07) is 5.46. The molecular formula is C17H18BrF2N3O3S2. The molecule has 1 atom stereocenters. The highest BCUT2D eigenvalue weighted by atomic mass is 79.9. The number of anilines is 1. The van der Waals surface area contributed by atoms with Gasteiger partial charge in [0, 0.05) is 32.2 Å². The Bertz CT molecular complexity index is 976. The van der Waals surface area contributed by atoms with Crippen molar-refractivity contribution in [3.8, 4) is 0 Å². The molecule has 1 aromatic heterocycles. The van der Waals surface area contributed by atoms with Crippen LogP contribution < -0.4 is 5.32 Å². The minimum Gasteiger partial charge on any atom is -0.322 e. The Morgan fingerprint density at radius 1 is 1.18 bits per heavy atom. The number of hydrogen-bond donors (Lipinski definition) is 1. The number of carbonyl (C=O) groups excluding carboxylic acids is 1. The number of nitrogens with one attached hydrogen (secondary N) is 1. The quantitative estimate of drug-likeness (QED) is 0.694. The van der Waals surface area contributed by atoms with Crippen molar-refractivity contribution < 1.29 is 22.0 Å². The number of sulfonamides is 1. The van der Waals surface area contributed by atoms with Gasteiger partial charge in [0.05, 0.1) is 15.5 Å². The van der Waals surface area contributed by atoms with Crippen LogP contribution in [0, 0.1) is 11.6 Å². The molecule has 6 nitrogen and oxygen atoms in total. The van der Waals surface area contributed by atoms with Gasteiger partial charge in [0.1, 0.15) is 15.8 Å². The zero-order valence-electron chi connectivity index (χ0n) is 14.9. The lowest BCUT2D eigenvalue weighted by Crippen LogP contribution is -2.53. The third kappa shape index (κ3) is 4.60. The molecule has 1 aliphatic rings. The topological polar surface area (TPSA) is 69.7 Å². The second-order valence-electron chi connectivity index (χ2n) is 6.29. The largest absolute Gasteiger partial charge is 0.322 e. The standard InChI is InChI=1S/C17H18BrF2N3O3S2/c1-11(17(24)21-14-10-12(19)2-3-13(14)20)22-6-8-23(9-7-22)28(25,26)16-5-4-15(18)27-16/h2-5,10-11H,6-9H2,1H3,(H,21,24). The fraction of sp³-hybridized carbons (Fsp3) is 0.353. The smallest absolute Gasteiger partial charge is 0.252 e. The normalized spacial score (nSPS) is 17.4. The fourth-order valence-corrected chi connectivity index (χ4v) is 6.48. The summed E-state index contributed by atoms with van der Waals surface area (Å²) in [6.45, 7) is 2.83. The monoisotopic (exact) mass is 493 g/mol. The fourth-order valence-electron chi connectivity index (χ4n) is 2.89. The van der Waals surface area contributed by atoms with E-state index in [9.17, 15) is 22.0 Å². The molecule has 1 saturated heterocycles. The van der Waals surface area contributed by atoms with Crippen molar-refractivity contribution in [3.05, 3.63) is 45.8 Å². The van der Waals surface area contributed by atoms with Crippen molar-refractivity contribution in [2.24, 2.45) is 0 Å². The first kappa shape index (κ1) is 21.3. The highest BCUT2D eigenvalue weighted by Gasteiger charge is 2.32. The van der Waals surface area contributed by atoms with Crippen LogP contribution in [-0.4, -0.2) is 55.8 Å². The van der Waals surface area contributed by atoms with Gasteiger partial charge >= 0.3 is 0 Å². The summed E-state index contributed by atoms with van der Waals surface area (Å²) in [7, 11) is -3.57. The summed E-state index contributed by atoms with van der Waals surface area (Å²) in [5, 5.41) is 2.39. The van der Waals surface area contributed by atoms with Crippen molar-refractivity contribution in [1.82, 2.24) is 9.21 Å². The Balaban J connectivity index is 1.61. The van der Waals surface area contributed by atoms with E-state index >= 15 is 0 Å². The van der Waals surface area contributed by atoms with Crippen LogP contribution in [0.4, 0.5) is 14.5 Å². The first-order chi connectivity index (χ1) is 13.2. The molecule has 152 valence electrons. The SMILES string of the molecule is CC(C(=O)Nc1cc(F)ccc1F)N1CCN(S(=O)(=O)c2ccc(Br)s2)CC1. The number of thiophene rings is 1. The van der Waals surface area contributed by atoms with E-state index in [0.717, 1.165) is 33.3 Å². The van der Waals surface area contributed by atoms with Crippen molar-refractivity contribution >= 4 is 48.9 Å². The zero-order chi connectivity index (χ0) is 20.5. The van der Waals surface area contributed by atoms with Crippen LogP contribution in [0.3, 0.4) is 0 Å². The zero-order valence-corrected chi connectivity index (χ0v) is 18.1. The average molecular weight is 494 g/mol. The Labute approximate surface area is 174 Å². The number of rotatable bonds is 5. The molecule has 1 fully saturated rings. The third-order valence-corrected chi connectivity index (χ3v) is 8.52. The summed E-state index contributed by atoms with van der Waals surface area (Å²) in [5.41, 5.74) is -0.221. The van der Waals surface area contributed by atoms with Gasteiger partial charge < -0.3 is 5.32 Å². The predicted molar refractivity (Wildman–Crippen MR) is 107 cm³/mol. The number of nitrogens with zero attached hydrogens (tertiary/aromatic N) is 2. The van der Waals surface area contributed by atoms with Crippen LogP contribution in [0.1, 0.15) is 6.92 Å². The van der Waals surface area contributed by atoms with Gasteiger partial charge in [0.2, 0.25) is 5.91 Å². The Kier molecular flexibility index (Phi) is 6.50. The minimum absolute atomic E-state index is 0.221. The Hall–Kier alpha value is -1.40. The van der Waals surface area contributed by atoms with Gasteiger partial charge in [-0.15, -0.1) is 11.3 Å². The van der Waals surface area contributed by atoms with Crippen molar-refractivity contribution in [3.63, 3.8) is 0 Å². The van der Waals surface area contributed by atoms with Crippen molar-refractivity contribution in [2.45, 2.75) is 17.2 Å². The molecule has 0 spiro atoms. The average Bonchev–Trinajstić information content (AvgIpc) is 3.11. The van der Waals surface area contributed by atoms with Gasteiger partial charge in [0.15, 0.2) is 0 Å². The lowest BCUT2D eigenvalue weighted by Gasteiger charge is -2.36. The lowest BCUT2D eigenvalue weighted by molar-refractivity contribution is -0.121. The van der Waals surface area contributed by atoms with Gasteiger partial charge in [-0.05, 0) is 47.1 Å².